The monoisotopic (exact) mass is 553 g/mol. The first kappa shape index (κ1) is 28.8. The van der Waals surface area contributed by atoms with E-state index in [9.17, 15) is 24.4 Å². The van der Waals surface area contributed by atoms with Gasteiger partial charge in [0.15, 0.2) is 18.1 Å². The Kier molecular flexibility index (Phi) is 10.5. The average molecular weight is 554 g/mol. The van der Waals surface area contributed by atoms with Crippen LogP contribution in [0.25, 0.3) is 6.08 Å². The Balaban J connectivity index is 2.42. The van der Waals surface area contributed by atoms with Gasteiger partial charge >= 0.3 is 17.9 Å². The molecule has 0 aliphatic carbocycles. The van der Waals surface area contributed by atoms with E-state index in [2.05, 4.69) is 0 Å². The molecule has 0 aliphatic heterocycles. The third-order valence-corrected chi connectivity index (χ3v) is 6.41. The van der Waals surface area contributed by atoms with Gasteiger partial charge in [0.1, 0.15) is 10.9 Å². The van der Waals surface area contributed by atoms with Crippen LogP contribution in [0.5, 0.6) is 5.75 Å². The molecule has 0 saturated heterocycles. The van der Waals surface area contributed by atoms with E-state index in [1.165, 1.54) is 18.2 Å². The molecule has 2 rings (SSSR count). The lowest BCUT2D eigenvalue weighted by Gasteiger charge is -2.09. The molecule has 1 aromatic carbocycles. The first-order valence-electron chi connectivity index (χ1n) is 10.5. The number of carboxylic acid groups (broad SMARTS) is 1. The van der Waals surface area contributed by atoms with Crippen molar-refractivity contribution in [2.45, 2.75) is 27.2 Å². The van der Waals surface area contributed by atoms with Crippen LogP contribution in [0.2, 0.25) is 10.0 Å². The molecule has 12 heteroatoms. The summed E-state index contributed by atoms with van der Waals surface area (Å²) in [4.78, 5) is 49.0. The Labute approximate surface area is 220 Å². The van der Waals surface area contributed by atoms with Gasteiger partial charge in [-0.3, -0.25) is 4.79 Å². The largest absolute Gasteiger partial charge is 0.479 e. The van der Waals surface area contributed by atoms with Crippen molar-refractivity contribution in [1.29, 1.82) is 5.26 Å². The molecule has 0 aliphatic rings. The van der Waals surface area contributed by atoms with E-state index in [0.29, 0.717) is 5.56 Å². The normalized spacial score (nSPS) is 10.9. The summed E-state index contributed by atoms with van der Waals surface area (Å²) in [6.45, 7) is 4.39. The second kappa shape index (κ2) is 13.1. The van der Waals surface area contributed by atoms with Crippen molar-refractivity contribution in [3.05, 3.63) is 54.2 Å². The van der Waals surface area contributed by atoms with Crippen molar-refractivity contribution in [3.8, 4) is 11.8 Å². The Morgan fingerprint density at radius 2 is 1.67 bits per heavy atom. The molecule has 0 fully saturated rings. The fourth-order valence-electron chi connectivity index (χ4n) is 3.08. The van der Waals surface area contributed by atoms with Crippen LogP contribution in [0.15, 0.2) is 17.7 Å². The maximum absolute atomic E-state index is 13.0. The molecule has 190 valence electrons. The molecule has 0 atom stereocenters. The van der Waals surface area contributed by atoms with Crippen LogP contribution in [0.4, 0.5) is 0 Å². The van der Waals surface area contributed by atoms with Crippen molar-refractivity contribution in [2.75, 3.05) is 19.8 Å². The van der Waals surface area contributed by atoms with E-state index in [-0.39, 0.29) is 61.9 Å². The van der Waals surface area contributed by atoms with Crippen LogP contribution >= 0.6 is 34.5 Å². The summed E-state index contributed by atoms with van der Waals surface area (Å²) >= 11 is 13.2. The topological polar surface area (TPSA) is 140 Å². The van der Waals surface area contributed by atoms with E-state index in [4.69, 9.17) is 42.5 Å². The highest BCUT2D eigenvalue weighted by Crippen LogP contribution is 2.35. The Morgan fingerprint density at radius 1 is 1.08 bits per heavy atom. The number of benzene rings is 1. The van der Waals surface area contributed by atoms with Gasteiger partial charge in [-0.15, -0.1) is 11.3 Å². The molecule has 0 amide bonds. The molecule has 9 nitrogen and oxygen atoms in total. The number of rotatable bonds is 11. The van der Waals surface area contributed by atoms with Crippen LogP contribution in [0.3, 0.4) is 0 Å². The summed E-state index contributed by atoms with van der Waals surface area (Å²) in [6.07, 6.45) is 0.900. The number of halogens is 2. The van der Waals surface area contributed by atoms with E-state index < -0.39 is 30.3 Å². The van der Waals surface area contributed by atoms with Gasteiger partial charge < -0.3 is 19.3 Å². The second-order valence-corrected chi connectivity index (χ2v) is 8.98. The van der Waals surface area contributed by atoms with Gasteiger partial charge in [0.05, 0.1) is 34.4 Å². The molecule has 0 bridgehead atoms. The van der Waals surface area contributed by atoms with Gasteiger partial charge in [0.25, 0.3) is 0 Å². The van der Waals surface area contributed by atoms with Gasteiger partial charge in [-0.1, -0.05) is 23.2 Å². The summed E-state index contributed by atoms with van der Waals surface area (Å²) in [5, 5.41) is 18.3. The predicted octanol–water partition coefficient (Wildman–Crippen LogP) is 4.90. The summed E-state index contributed by atoms with van der Waals surface area (Å²) in [7, 11) is 0. The fraction of sp³-hybridized carbons (Fsp3) is 0.292. The van der Waals surface area contributed by atoms with Gasteiger partial charge in [-0.2, -0.15) is 5.26 Å². The Morgan fingerprint density at radius 3 is 2.19 bits per heavy atom. The first-order chi connectivity index (χ1) is 17.0. The van der Waals surface area contributed by atoms with Crippen molar-refractivity contribution in [3.63, 3.8) is 0 Å². The summed E-state index contributed by atoms with van der Waals surface area (Å²) in [6, 6.07) is 4.52. The number of allylic oxidation sites excluding steroid dienone is 1. The number of Topliss-reactive ketones (excluding diaryl/α,β-unsaturated/α-hetero) is 1. The minimum absolute atomic E-state index is 0.0164. The highest BCUT2D eigenvalue weighted by atomic mass is 35.5. The molecule has 2 aromatic rings. The summed E-state index contributed by atoms with van der Waals surface area (Å²) in [5.74, 6) is -3.22. The third-order valence-electron chi connectivity index (χ3n) is 4.57. The number of esters is 2. The molecule has 1 heterocycles. The number of carboxylic acids is 1. The smallest absolute Gasteiger partial charge is 0.348 e. The number of nitrogens with zero attached hydrogens (tertiary/aromatic N) is 1. The average Bonchev–Trinajstić information content (AvgIpc) is 3.12. The Bertz CT molecular complexity index is 1250. The van der Waals surface area contributed by atoms with E-state index >= 15 is 0 Å². The SMILES string of the molecule is CCOC(=O)c1sc(CC(=O)/C(C#N)=C/c2cc(Cl)c(OCC(=O)O)c(Cl)c2)c(C(=O)OCC)c1C. The van der Waals surface area contributed by atoms with Gasteiger partial charge in [-0.05, 0) is 50.1 Å². The number of aliphatic carboxylic acids is 1. The van der Waals surface area contributed by atoms with E-state index in [1.807, 2.05) is 6.07 Å². The molecular weight excluding hydrogens is 533 g/mol. The zero-order chi connectivity index (χ0) is 27.0. The van der Waals surface area contributed by atoms with Crippen molar-refractivity contribution >= 4 is 64.3 Å². The van der Waals surface area contributed by atoms with Crippen LogP contribution in [-0.2, 0) is 25.5 Å². The molecule has 1 aromatic heterocycles. The lowest BCUT2D eigenvalue weighted by molar-refractivity contribution is -0.139. The number of hydrogen-bond donors (Lipinski definition) is 1. The van der Waals surface area contributed by atoms with Gasteiger partial charge in [0, 0.05) is 11.3 Å². The minimum Gasteiger partial charge on any atom is -0.479 e. The van der Waals surface area contributed by atoms with Crippen molar-refractivity contribution < 1.29 is 38.5 Å². The van der Waals surface area contributed by atoms with Crippen molar-refractivity contribution in [2.24, 2.45) is 0 Å². The number of hydrogen-bond acceptors (Lipinski definition) is 9. The zero-order valence-electron chi connectivity index (χ0n) is 19.5. The third kappa shape index (κ3) is 7.07. The number of ether oxygens (including phenoxy) is 3. The van der Waals surface area contributed by atoms with Crippen LogP contribution < -0.4 is 4.74 Å². The molecule has 36 heavy (non-hydrogen) atoms. The standard InChI is InChI=1S/C24H21Cl2NO8S/c1-4-33-23(31)20-12(3)22(24(32)34-5-2)36-18(20)9-17(28)14(10-27)6-13-7-15(25)21(16(26)8-13)35-11-19(29)30/h6-8H,4-5,9,11H2,1-3H3,(H,29,30)/b14-6+. The zero-order valence-corrected chi connectivity index (χ0v) is 21.8. The quantitative estimate of drug-likeness (QED) is 0.233. The van der Waals surface area contributed by atoms with Crippen LogP contribution in [0.1, 0.15) is 49.9 Å². The number of carbonyl (C=O) groups is 4. The minimum atomic E-state index is -1.22. The summed E-state index contributed by atoms with van der Waals surface area (Å²) < 4.78 is 15.2. The molecule has 0 unspecified atom stereocenters. The molecule has 0 spiro atoms. The maximum atomic E-state index is 13.0. The van der Waals surface area contributed by atoms with E-state index in [0.717, 1.165) is 11.3 Å². The fourth-order valence-corrected chi connectivity index (χ4v) is 4.88. The highest BCUT2D eigenvalue weighted by Gasteiger charge is 2.28. The number of thiophene rings is 1. The Hall–Kier alpha value is -3.39. The first-order valence-corrected chi connectivity index (χ1v) is 12.1. The molecule has 0 radical (unpaired) electrons. The van der Waals surface area contributed by atoms with Gasteiger partial charge in [0.2, 0.25) is 0 Å². The number of ketones is 1. The molecule has 1 N–H and O–H groups in total. The van der Waals surface area contributed by atoms with E-state index in [1.54, 1.807) is 20.8 Å². The van der Waals surface area contributed by atoms with Crippen LogP contribution in [-0.4, -0.2) is 48.6 Å². The lowest BCUT2D eigenvalue weighted by Crippen LogP contribution is -2.12. The second-order valence-electron chi connectivity index (χ2n) is 7.06. The summed E-state index contributed by atoms with van der Waals surface area (Å²) in [5.41, 5.74) is 0.442. The maximum Gasteiger partial charge on any atom is 0.348 e. The predicted molar refractivity (Wildman–Crippen MR) is 133 cm³/mol. The van der Waals surface area contributed by atoms with Gasteiger partial charge in [-0.25, -0.2) is 14.4 Å². The molecule has 0 saturated carbocycles. The molecular formula is C24H21Cl2NO8S. The highest BCUT2D eigenvalue weighted by molar-refractivity contribution is 7.14. The number of nitriles is 1. The lowest BCUT2D eigenvalue weighted by atomic mass is 10.0. The number of carbonyl (C=O) groups excluding carboxylic acids is 3. The van der Waals surface area contributed by atoms with Crippen LogP contribution in [0, 0.1) is 18.3 Å². The van der Waals surface area contributed by atoms with Crippen molar-refractivity contribution in [1.82, 2.24) is 0 Å².